The molecule has 0 saturated heterocycles. The van der Waals surface area contributed by atoms with E-state index in [2.05, 4.69) is 4.72 Å². The third-order valence-electron chi connectivity index (χ3n) is 3.38. The molecule has 1 aromatic rings. The summed E-state index contributed by atoms with van der Waals surface area (Å²) in [5.41, 5.74) is -0.282. The molecule has 1 aliphatic carbocycles. The van der Waals surface area contributed by atoms with E-state index >= 15 is 0 Å². The van der Waals surface area contributed by atoms with Gasteiger partial charge in [-0.25, -0.2) is 13.1 Å². The van der Waals surface area contributed by atoms with E-state index < -0.39 is 15.6 Å². The highest BCUT2D eigenvalue weighted by Crippen LogP contribution is 2.39. The molecular weight excluding hydrogens is 286 g/mol. The number of sulfonamides is 1. The summed E-state index contributed by atoms with van der Waals surface area (Å²) in [6.07, 6.45) is 1.93. The van der Waals surface area contributed by atoms with Crippen LogP contribution in [0.1, 0.15) is 25.3 Å². The molecule has 2 rings (SSSR count). The molecule has 0 spiro atoms. The Labute approximate surface area is 118 Å². The number of hydrogen-bond donors (Lipinski definition) is 2. The minimum Gasteiger partial charge on any atom is -0.389 e. The lowest BCUT2D eigenvalue weighted by Gasteiger charge is -2.23. The van der Waals surface area contributed by atoms with Gasteiger partial charge in [0.2, 0.25) is 10.0 Å². The second kappa shape index (κ2) is 5.40. The molecule has 0 heterocycles. The molecule has 6 heteroatoms. The predicted octanol–water partition coefficient (Wildman–Crippen LogP) is 1.92. The summed E-state index contributed by atoms with van der Waals surface area (Å²) >= 11 is 5.75. The van der Waals surface area contributed by atoms with Crippen LogP contribution in [-0.4, -0.2) is 25.7 Å². The molecule has 1 aromatic carbocycles. The minimum atomic E-state index is -3.44. The van der Waals surface area contributed by atoms with Gasteiger partial charge in [0.05, 0.1) is 11.4 Å². The molecular formula is C13H18ClNO3S. The molecule has 0 aliphatic heterocycles. The molecule has 1 aliphatic rings. The molecule has 0 radical (unpaired) electrons. The zero-order valence-electron chi connectivity index (χ0n) is 10.8. The van der Waals surface area contributed by atoms with Crippen molar-refractivity contribution in [3.63, 3.8) is 0 Å². The second-order valence-electron chi connectivity index (χ2n) is 5.34. The van der Waals surface area contributed by atoms with Crippen molar-refractivity contribution in [1.82, 2.24) is 4.72 Å². The Morgan fingerprint density at radius 1 is 1.37 bits per heavy atom. The van der Waals surface area contributed by atoms with E-state index in [9.17, 15) is 13.5 Å². The number of hydrogen-bond acceptors (Lipinski definition) is 3. The van der Waals surface area contributed by atoms with E-state index in [1.165, 1.54) is 0 Å². The Morgan fingerprint density at radius 3 is 2.47 bits per heavy atom. The highest BCUT2D eigenvalue weighted by molar-refractivity contribution is 7.88. The van der Waals surface area contributed by atoms with Gasteiger partial charge in [0, 0.05) is 11.6 Å². The van der Waals surface area contributed by atoms with Crippen molar-refractivity contribution in [3.05, 3.63) is 34.9 Å². The third-order valence-corrected chi connectivity index (χ3v) is 4.93. The minimum absolute atomic E-state index is 0.0631. The van der Waals surface area contributed by atoms with E-state index in [1.54, 1.807) is 31.2 Å². The summed E-state index contributed by atoms with van der Waals surface area (Å²) in [5, 5.41) is 10.7. The average molecular weight is 304 g/mol. The lowest BCUT2D eigenvalue weighted by Crippen LogP contribution is -2.42. The fourth-order valence-corrected chi connectivity index (χ4v) is 3.33. The second-order valence-corrected chi connectivity index (χ2v) is 7.58. The van der Waals surface area contributed by atoms with Crippen LogP contribution >= 0.6 is 11.6 Å². The van der Waals surface area contributed by atoms with Crippen molar-refractivity contribution in [2.24, 2.45) is 5.92 Å². The fourth-order valence-electron chi connectivity index (χ4n) is 1.96. The summed E-state index contributed by atoms with van der Waals surface area (Å²) in [7, 11) is -3.44. The van der Waals surface area contributed by atoms with Crippen LogP contribution in [0.15, 0.2) is 24.3 Å². The van der Waals surface area contributed by atoms with Crippen LogP contribution in [0.5, 0.6) is 0 Å². The van der Waals surface area contributed by atoms with Gasteiger partial charge >= 0.3 is 0 Å². The van der Waals surface area contributed by atoms with Crippen molar-refractivity contribution in [2.75, 3.05) is 6.54 Å². The van der Waals surface area contributed by atoms with Crippen molar-refractivity contribution in [1.29, 1.82) is 0 Å². The van der Waals surface area contributed by atoms with Crippen LogP contribution in [0, 0.1) is 5.92 Å². The van der Waals surface area contributed by atoms with Crippen molar-refractivity contribution in [2.45, 2.75) is 31.1 Å². The largest absolute Gasteiger partial charge is 0.389 e. The van der Waals surface area contributed by atoms with Crippen molar-refractivity contribution >= 4 is 21.6 Å². The van der Waals surface area contributed by atoms with Crippen LogP contribution in [0.25, 0.3) is 0 Å². The first kappa shape index (κ1) is 14.8. The van der Waals surface area contributed by atoms with Crippen molar-refractivity contribution < 1.29 is 13.5 Å². The first-order chi connectivity index (χ1) is 8.78. The monoisotopic (exact) mass is 303 g/mol. The van der Waals surface area contributed by atoms with Crippen LogP contribution < -0.4 is 4.72 Å². The zero-order valence-corrected chi connectivity index (χ0v) is 12.3. The Kier molecular flexibility index (Phi) is 4.20. The van der Waals surface area contributed by atoms with E-state index in [0.717, 1.165) is 12.8 Å². The van der Waals surface area contributed by atoms with Crippen LogP contribution in [0.2, 0.25) is 5.02 Å². The lowest BCUT2D eigenvalue weighted by atomic mass is 10.0. The van der Waals surface area contributed by atoms with Gasteiger partial charge in [-0.15, -0.1) is 0 Å². The smallest absolute Gasteiger partial charge is 0.215 e. The summed E-state index contributed by atoms with van der Waals surface area (Å²) in [6.45, 7) is 1.74. The molecule has 1 atom stereocenters. The summed E-state index contributed by atoms with van der Waals surface area (Å²) < 4.78 is 26.3. The molecule has 1 unspecified atom stereocenters. The average Bonchev–Trinajstić information content (AvgIpc) is 3.14. The third kappa shape index (κ3) is 4.45. The molecule has 1 fully saturated rings. The highest BCUT2D eigenvalue weighted by atomic mass is 35.5. The summed E-state index contributed by atoms with van der Waals surface area (Å²) in [4.78, 5) is 0. The standard InChI is InChI=1S/C13H18ClNO3S/c1-13(16,11-4-5-11)9-15-19(17,18)8-10-2-6-12(14)7-3-10/h2-3,6-7,11,15-16H,4-5,8-9H2,1H3. The number of benzene rings is 1. The Morgan fingerprint density at radius 2 is 1.95 bits per heavy atom. The molecule has 2 N–H and O–H groups in total. The number of rotatable bonds is 6. The molecule has 4 nitrogen and oxygen atoms in total. The highest BCUT2D eigenvalue weighted by Gasteiger charge is 2.40. The summed E-state index contributed by atoms with van der Waals surface area (Å²) in [6, 6.07) is 6.68. The SMILES string of the molecule is CC(O)(CNS(=O)(=O)Cc1ccc(Cl)cc1)C1CC1. The summed E-state index contributed by atoms with van der Waals surface area (Å²) in [5.74, 6) is 0.107. The molecule has 19 heavy (non-hydrogen) atoms. The Balaban J connectivity index is 1.93. The first-order valence-corrected chi connectivity index (χ1v) is 8.26. The van der Waals surface area contributed by atoms with Crippen LogP contribution in [0.3, 0.4) is 0 Å². The van der Waals surface area contributed by atoms with E-state index in [1.807, 2.05) is 0 Å². The predicted molar refractivity (Wildman–Crippen MR) is 75.4 cm³/mol. The number of nitrogens with one attached hydrogen (secondary N) is 1. The van der Waals surface area contributed by atoms with Gasteiger partial charge < -0.3 is 5.11 Å². The van der Waals surface area contributed by atoms with Gasteiger partial charge in [-0.05, 0) is 43.4 Å². The molecule has 1 saturated carbocycles. The normalized spacial score (nSPS) is 19.1. The fraction of sp³-hybridized carbons (Fsp3) is 0.538. The maximum absolute atomic E-state index is 11.9. The first-order valence-electron chi connectivity index (χ1n) is 6.23. The number of aliphatic hydroxyl groups is 1. The molecule has 106 valence electrons. The van der Waals surface area contributed by atoms with E-state index in [4.69, 9.17) is 11.6 Å². The van der Waals surface area contributed by atoms with Gasteiger partial charge in [0.1, 0.15) is 0 Å². The van der Waals surface area contributed by atoms with E-state index in [0.29, 0.717) is 10.6 Å². The van der Waals surface area contributed by atoms with Gasteiger partial charge in [-0.1, -0.05) is 23.7 Å². The lowest BCUT2D eigenvalue weighted by molar-refractivity contribution is 0.0422. The Hall–Kier alpha value is -0.620. The van der Waals surface area contributed by atoms with Gasteiger partial charge in [0.15, 0.2) is 0 Å². The van der Waals surface area contributed by atoms with Gasteiger partial charge in [-0.3, -0.25) is 0 Å². The van der Waals surface area contributed by atoms with E-state index in [-0.39, 0.29) is 18.2 Å². The van der Waals surface area contributed by atoms with Gasteiger partial charge in [-0.2, -0.15) is 0 Å². The maximum Gasteiger partial charge on any atom is 0.215 e. The maximum atomic E-state index is 11.9. The van der Waals surface area contributed by atoms with Crippen molar-refractivity contribution in [3.8, 4) is 0 Å². The molecule has 0 aromatic heterocycles. The zero-order chi connectivity index (χ0) is 14.1. The van der Waals surface area contributed by atoms with Crippen LogP contribution in [-0.2, 0) is 15.8 Å². The van der Waals surface area contributed by atoms with Crippen LogP contribution in [0.4, 0.5) is 0 Å². The number of halogens is 1. The molecule has 0 bridgehead atoms. The Bertz CT molecular complexity index is 536. The molecule has 0 amide bonds. The van der Waals surface area contributed by atoms with Gasteiger partial charge in [0.25, 0.3) is 0 Å². The quantitative estimate of drug-likeness (QED) is 0.844. The topological polar surface area (TPSA) is 66.4 Å².